The maximum absolute atomic E-state index is 12.3. The third kappa shape index (κ3) is 4.45. The molecule has 0 bridgehead atoms. The predicted molar refractivity (Wildman–Crippen MR) is 90.1 cm³/mol. The predicted octanol–water partition coefficient (Wildman–Crippen LogP) is 1.90. The molecule has 1 saturated heterocycles. The summed E-state index contributed by atoms with van der Waals surface area (Å²) in [4.78, 5) is 14.7. The van der Waals surface area contributed by atoms with Gasteiger partial charge >= 0.3 is 6.03 Å². The summed E-state index contributed by atoms with van der Waals surface area (Å²) >= 11 is 0. The summed E-state index contributed by atoms with van der Waals surface area (Å²) in [5, 5.41) is 15.4. The summed E-state index contributed by atoms with van der Waals surface area (Å²) in [6, 6.07) is 10.0. The maximum atomic E-state index is 12.3. The highest BCUT2D eigenvalue weighted by molar-refractivity contribution is 5.74. The largest absolute Gasteiger partial charge is 0.396 e. The van der Waals surface area contributed by atoms with Crippen LogP contribution in [-0.2, 0) is 0 Å². The molecule has 1 atom stereocenters. The lowest BCUT2D eigenvalue weighted by molar-refractivity contribution is 0.200. The lowest BCUT2D eigenvalue weighted by Crippen LogP contribution is -2.44. The van der Waals surface area contributed by atoms with Gasteiger partial charge in [-0.3, -0.25) is 0 Å². The van der Waals surface area contributed by atoms with Crippen molar-refractivity contribution in [3.63, 3.8) is 0 Å². The summed E-state index contributed by atoms with van der Waals surface area (Å²) in [5.41, 5.74) is 1.08. The van der Waals surface area contributed by atoms with E-state index in [1.807, 2.05) is 18.2 Å². The number of likely N-dealkylation sites (tertiary alicyclic amines) is 1. The van der Waals surface area contributed by atoms with Gasteiger partial charge in [0.1, 0.15) is 0 Å². The van der Waals surface area contributed by atoms with E-state index in [-0.39, 0.29) is 24.1 Å². The Morgan fingerprint density at radius 1 is 1.22 bits per heavy atom. The van der Waals surface area contributed by atoms with Gasteiger partial charge in [-0.25, -0.2) is 4.79 Å². The van der Waals surface area contributed by atoms with Gasteiger partial charge in [0.25, 0.3) is 0 Å². The average Bonchev–Trinajstić information content (AvgIpc) is 3.20. The van der Waals surface area contributed by atoms with Gasteiger partial charge in [0.15, 0.2) is 0 Å². The summed E-state index contributed by atoms with van der Waals surface area (Å²) < 4.78 is 0. The van der Waals surface area contributed by atoms with Crippen molar-refractivity contribution in [3.8, 4) is 0 Å². The van der Waals surface area contributed by atoms with Crippen LogP contribution in [0.5, 0.6) is 0 Å². The van der Waals surface area contributed by atoms with E-state index in [0.29, 0.717) is 6.54 Å². The Balaban J connectivity index is 1.57. The highest BCUT2D eigenvalue weighted by atomic mass is 16.3. The highest BCUT2D eigenvalue weighted by Gasteiger charge is 2.42. The van der Waals surface area contributed by atoms with E-state index in [0.717, 1.165) is 38.0 Å². The van der Waals surface area contributed by atoms with Crippen LogP contribution in [0.4, 0.5) is 4.79 Å². The highest BCUT2D eigenvalue weighted by Crippen LogP contribution is 2.44. The molecule has 2 amide bonds. The molecule has 2 fully saturated rings. The van der Waals surface area contributed by atoms with E-state index < -0.39 is 0 Å². The first-order valence-corrected chi connectivity index (χ1v) is 8.63. The number of aliphatic hydroxyl groups is 1. The van der Waals surface area contributed by atoms with Crippen molar-refractivity contribution in [2.24, 2.45) is 5.41 Å². The van der Waals surface area contributed by atoms with E-state index in [9.17, 15) is 9.90 Å². The van der Waals surface area contributed by atoms with Crippen molar-refractivity contribution in [2.45, 2.75) is 31.7 Å². The zero-order valence-electron chi connectivity index (χ0n) is 13.6. The van der Waals surface area contributed by atoms with Crippen LogP contribution in [0, 0.1) is 5.41 Å². The van der Waals surface area contributed by atoms with Gasteiger partial charge in [0.2, 0.25) is 0 Å². The van der Waals surface area contributed by atoms with Crippen LogP contribution in [0.2, 0.25) is 0 Å². The number of hydrogen-bond donors (Lipinski definition) is 3. The molecule has 5 nitrogen and oxygen atoms in total. The molecule has 1 aromatic carbocycles. The Labute approximate surface area is 138 Å². The van der Waals surface area contributed by atoms with Crippen molar-refractivity contribution < 1.29 is 9.90 Å². The number of urea groups is 1. The molecule has 1 aliphatic carbocycles. The van der Waals surface area contributed by atoms with E-state index in [2.05, 4.69) is 27.7 Å². The number of rotatable bonds is 7. The average molecular weight is 317 g/mol. The number of carbonyl (C=O) groups excluding carboxylic acids is 1. The number of amides is 2. The SMILES string of the molecule is O=C(NCC1(CO)CC1)NC(CN1CCCC1)c1ccccc1. The monoisotopic (exact) mass is 317 g/mol. The van der Waals surface area contributed by atoms with Crippen LogP contribution in [0.3, 0.4) is 0 Å². The van der Waals surface area contributed by atoms with Gasteiger partial charge in [-0.05, 0) is 44.3 Å². The van der Waals surface area contributed by atoms with Crippen molar-refractivity contribution >= 4 is 6.03 Å². The Kier molecular flexibility index (Phi) is 5.18. The van der Waals surface area contributed by atoms with E-state index in [1.165, 1.54) is 12.8 Å². The van der Waals surface area contributed by atoms with E-state index in [4.69, 9.17) is 0 Å². The number of hydrogen-bond acceptors (Lipinski definition) is 3. The molecule has 1 aromatic rings. The summed E-state index contributed by atoms with van der Waals surface area (Å²) in [6.45, 7) is 3.78. The molecule has 1 aliphatic heterocycles. The molecule has 1 unspecified atom stereocenters. The molecule has 3 N–H and O–H groups in total. The van der Waals surface area contributed by atoms with Crippen molar-refractivity contribution in [3.05, 3.63) is 35.9 Å². The second kappa shape index (κ2) is 7.32. The lowest BCUT2D eigenvalue weighted by atomic mass is 10.1. The molecule has 1 heterocycles. The number of nitrogens with zero attached hydrogens (tertiary/aromatic N) is 1. The van der Waals surface area contributed by atoms with E-state index >= 15 is 0 Å². The Morgan fingerprint density at radius 2 is 1.91 bits per heavy atom. The lowest BCUT2D eigenvalue weighted by Gasteiger charge is -2.25. The minimum atomic E-state index is -0.141. The number of carbonyl (C=O) groups is 1. The van der Waals surface area contributed by atoms with Crippen LogP contribution in [-0.4, -0.2) is 48.8 Å². The van der Waals surface area contributed by atoms with Crippen LogP contribution < -0.4 is 10.6 Å². The summed E-state index contributed by atoms with van der Waals surface area (Å²) in [5.74, 6) is 0. The minimum Gasteiger partial charge on any atom is -0.396 e. The fourth-order valence-electron chi connectivity index (χ4n) is 3.19. The van der Waals surface area contributed by atoms with Crippen LogP contribution in [0.25, 0.3) is 0 Å². The van der Waals surface area contributed by atoms with Crippen LogP contribution >= 0.6 is 0 Å². The Morgan fingerprint density at radius 3 is 2.52 bits per heavy atom. The standard InChI is InChI=1S/C18H27N3O2/c22-14-18(8-9-18)13-19-17(23)20-16(12-21-10-4-5-11-21)15-6-2-1-3-7-15/h1-3,6-7,16,22H,4-5,8-14H2,(H2,19,20,23). The molecule has 0 radical (unpaired) electrons. The fraction of sp³-hybridized carbons (Fsp3) is 0.611. The molecule has 0 aromatic heterocycles. The molecule has 5 heteroatoms. The maximum Gasteiger partial charge on any atom is 0.315 e. The first-order valence-electron chi connectivity index (χ1n) is 8.63. The van der Waals surface area contributed by atoms with Crippen molar-refractivity contribution in [1.29, 1.82) is 0 Å². The summed E-state index contributed by atoms with van der Waals surface area (Å²) in [7, 11) is 0. The van der Waals surface area contributed by atoms with Crippen LogP contribution in [0.15, 0.2) is 30.3 Å². The molecule has 2 aliphatic rings. The van der Waals surface area contributed by atoms with Gasteiger partial charge in [0, 0.05) is 18.5 Å². The molecular weight excluding hydrogens is 290 g/mol. The first kappa shape index (κ1) is 16.3. The second-order valence-corrected chi connectivity index (χ2v) is 6.96. The zero-order chi connectivity index (χ0) is 16.1. The van der Waals surface area contributed by atoms with Gasteiger partial charge in [-0.2, -0.15) is 0 Å². The van der Waals surface area contributed by atoms with Gasteiger partial charge < -0.3 is 20.6 Å². The number of aliphatic hydroxyl groups excluding tert-OH is 1. The first-order chi connectivity index (χ1) is 11.2. The van der Waals surface area contributed by atoms with Crippen molar-refractivity contribution in [2.75, 3.05) is 32.8 Å². The molecule has 3 rings (SSSR count). The van der Waals surface area contributed by atoms with Gasteiger partial charge in [-0.15, -0.1) is 0 Å². The topological polar surface area (TPSA) is 64.6 Å². The number of benzene rings is 1. The smallest absolute Gasteiger partial charge is 0.315 e. The molecule has 1 saturated carbocycles. The quantitative estimate of drug-likeness (QED) is 0.719. The molecule has 126 valence electrons. The third-order valence-electron chi connectivity index (χ3n) is 5.06. The number of nitrogens with one attached hydrogen (secondary N) is 2. The molecule has 23 heavy (non-hydrogen) atoms. The van der Waals surface area contributed by atoms with Crippen LogP contribution in [0.1, 0.15) is 37.3 Å². The van der Waals surface area contributed by atoms with Crippen molar-refractivity contribution in [1.82, 2.24) is 15.5 Å². The second-order valence-electron chi connectivity index (χ2n) is 6.96. The fourth-order valence-corrected chi connectivity index (χ4v) is 3.19. The van der Waals surface area contributed by atoms with Gasteiger partial charge in [0.05, 0.1) is 12.6 Å². The normalized spacial score (nSPS) is 20.9. The summed E-state index contributed by atoms with van der Waals surface area (Å²) in [6.07, 6.45) is 4.48. The molecular formula is C18H27N3O2. The third-order valence-corrected chi connectivity index (χ3v) is 5.06. The Bertz CT molecular complexity index is 510. The molecule has 0 spiro atoms. The van der Waals surface area contributed by atoms with Gasteiger partial charge in [-0.1, -0.05) is 30.3 Å². The minimum absolute atomic E-state index is 0.00132. The Hall–Kier alpha value is -1.59. The van der Waals surface area contributed by atoms with E-state index in [1.54, 1.807) is 0 Å². The zero-order valence-corrected chi connectivity index (χ0v) is 13.6.